The molecule has 1 amide bonds. The quantitative estimate of drug-likeness (QED) is 0.874. The first-order valence-corrected chi connectivity index (χ1v) is 6.18. The number of aliphatic carboxylic acids is 1. The fraction of sp³-hybridized carbons (Fsp3) is 0.429. The average molecular weight is 303 g/mol. The third-order valence-electron chi connectivity index (χ3n) is 2.74. The number of anilines is 1. The molecule has 0 heterocycles. The van der Waals surface area contributed by atoms with Gasteiger partial charge >= 0.3 is 12.1 Å². The van der Waals surface area contributed by atoms with E-state index >= 15 is 0 Å². The lowest BCUT2D eigenvalue weighted by Gasteiger charge is -2.21. The second-order valence-electron chi connectivity index (χ2n) is 5.54. The van der Waals surface area contributed by atoms with Crippen molar-refractivity contribution in [2.24, 2.45) is 5.41 Å². The van der Waals surface area contributed by atoms with Crippen molar-refractivity contribution >= 4 is 17.6 Å². The van der Waals surface area contributed by atoms with Gasteiger partial charge in [0.05, 0.1) is 12.0 Å². The Bertz CT molecular complexity index is 539. The molecule has 1 aromatic rings. The molecular formula is C14H16F3NO3. The summed E-state index contributed by atoms with van der Waals surface area (Å²) in [4.78, 5) is 22.4. The SMILES string of the molecule is CC(C)(CC(=O)O)CC(=O)Nc1cccc(C(F)(F)F)c1. The van der Waals surface area contributed by atoms with Gasteiger partial charge in [-0.1, -0.05) is 19.9 Å². The Balaban J connectivity index is 2.74. The zero-order chi connectivity index (χ0) is 16.3. The van der Waals surface area contributed by atoms with Crippen LogP contribution in [-0.2, 0) is 15.8 Å². The van der Waals surface area contributed by atoms with Gasteiger partial charge in [-0.05, 0) is 23.6 Å². The summed E-state index contributed by atoms with van der Waals surface area (Å²) >= 11 is 0. The van der Waals surface area contributed by atoms with Crippen molar-refractivity contribution in [3.05, 3.63) is 29.8 Å². The topological polar surface area (TPSA) is 66.4 Å². The molecule has 0 unspecified atom stereocenters. The van der Waals surface area contributed by atoms with Gasteiger partial charge in [0.15, 0.2) is 0 Å². The molecule has 0 aliphatic heterocycles. The van der Waals surface area contributed by atoms with E-state index in [1.54, 1.807) is 13.8 Å². The van der Waals surface area contributed by atoms with Crippen LogP contribution in [-0.4, -0.2) is 17.0 Å². The number of nitrogens with one attached hydrogen (secondary N) is 1. The molecule has 0 fully saturated rings. The van der Waals surface area contributed by atoms with Crippen LogP contribution in [0.15, 0.2) is 24.3 Å². The third kappa shape index (κ3) is 5.85. The molecule has 1 rings (SSSR count). The highest BCUT2D eigenvalue weighted by Gasteiger charge is 2.31. The predicted octanol–water partition coefficient (Wildman–Crippen LogP) is 3.53. The number of rotatable bonds is 5. The monoisotopic (exact) mass is 303 g/mol. The van der Waals surface area contributed by atoms with Gasteiger partial charge in [-0.25, -0.2) is 0 Å². The first kappa shape index (κ1) is 17.0. The molecule has 0 radical (unpaired) electrons. The molecular weight excluding hydrogens is 287 g/mol. The first-order chi connectivity index (χ1) is 9.49. The van der Waals surface area contributed by atoms with Crippen LogP contribution in [0.3, 0.4) is 0 Å². The summed E-state index contributed by atoms with van der Waals surface area (Å²) in [5.41, 5.74) is -1.61. The normalized spacial score (nSPS) is 12.0. The van der Waals surface area contributed by atoms with Crippen LogP contribution in [0.4, 0.5) is 18.9 Å². The van der Waals surface area contributed by atoms with Gasteiger partial charge in [0.1, 0.15) is 0 Å². The number of carboxylic acid groups (broad SMARTS) is 1. The minimum absolute atomic E-state index is 0.0287. The second-order valence-corrected chi connectivity index (χ2v) is 5.54. The lowest BCUT2D eigenvalue weighted by Crippen LogP contribution is -2.24. The molecule has 1 aromatic carbocycles. The molecule has 21 heavy (non-hydrogen) atoms. The van der Waals surface area contributed by atoms with Crippen molar-refractivity contribution in [1.29, 1.82) is 0 Å². The maximum Gasteiger partial charge on any atom is 0.416 e. The predicted molar refractivity (Wildman–Crippen MR) is 70.7 cm³/mol. The van der Waals surface area contributed by atoms with Crippen LogP contribution in [0.25, 0.3) is 0 Å². The standard InChI is InChI=1S/C14H16F3NO3/c1-13(2,8-12(20)21)7-11(19)18-10-5-3-4-9(6-10)14(15,16)17/h3-6H,7-8H2,1-2H3,(H,18,19)(H,20,21). The highest BCUT2D eigenvalue weighted by Crippen LogP contribution is 2.31. The first-order valence-electron chi connectivity index (χ1n) is 6.18. The Kier molecular flexibility index (Phi) is 4.98. The number of amides is 1. The fourth-order valence-electron chi connectivity index (χ4n) is 1.88. The summed E-state index contributed by atoms with van der Waals surface area (Å²) in [6, 6.07) is 4.28. The van der Waals surface area contributed by atoms with Gasteiger partial charge in [-0.15, -0.1) is 0 Å². The summed E-state index contributed by atoms with van der Waals surface area (Å²) < 4.78 is 37.6. The van der Waals surface area contributed by atoms with Gasteiger partial charge in [-0.2, -0.15) is 13.2 Å². The molecule has 0 aliphatic rings. The number of hydrogen-bond donors (Lipinski definition) is 2. The summed E-state index contributed by atoms with van der Waals surface area (Å²) in [5.74, 6) is -1.56. The Hall–Kier alpha value is -2.05. The van der Waals surface area contributed by atoms with Gasteiger partial charge < -0.3 is 10.4 Å². The summed E-state index contributed by atoms with van der Waals surface area (Å²) in [7, 11) is 0. The van der Waals surface area contributed by atoms with Crippen molar-refractivity contribution in [3.8, 4) is 0 Å². The summed E-state index contributed by atoms with van der Waals surface area (Å²) in [5, 5.41) is 11.1. The number of carboxylic acids is 1. The van der Waals surface area contributed by atoms with E-state index < -0.39 is 29.0 Å². The summed E-state index contributed by atoms with van der Waals surface area (Å²) in [6.45, 7) is 3.21. The highest BCUT2D eigenvalue weighted by atomic mass is 19.4. The van der Waals surface area contributed by atoms with E-state index in [9.17, 15) is 22.8 Å². The second kappa shape index (κ2) is 6.15. The van der Waals surface area contributed by atoms with Gasteiger partial charge in [0, 0.05) is 12.1 Å². The van der Waals surface area contributed by atoms with Crippen LogP contribution in [0.1, 0.15) is 32.3 Å². The Morgan fingerprint density at radius 2 is 1.81 bits per heavy atom. The van der Waals surface area contributed by atoms with Gasteiger partial charge in [-0.3, -0.25) is 9.59 Å². The molecule has 0 aromatic heterocycles. The average Bonchev–Trinajstić information content (AvgIpc) is 2.24. The molecule has 2 N–H and O–H groups in total. The van der Waals surface area contributed by atoms with E-state index in [1.165, 1.54) is 12.1 Å². The zero-order valence-corrected chi connectivity index (χ0v) is 11.6. The third-order valence-corrected chi connectivity index (χ3v) is 2.74. The van der Waals surface area contributed by atoms with Crippen molar-refractivity contribution < 1.29 is 27.9 Å². The number of carbonyl (C=O) groups is 2. The Morgan fingerprint density at radius 1 is 1.19 bits per heavy atom. The van der Waals surface area contributed by atoms with Crippen molar-refractivity contribution in [3.63, 3.8) is 0 Å². The largest absolute Gasteiger partial charge is 0.481 e. The van der Waals surface area contributed by atoms with E-state index in [4.69, 9.17) is 5.11 Å². The Morgan fingerprint density at radius 3 is 2.33 bits per heavy atom. The fourth-order valence-corrected chi connectivity index (χ4v) is 1.88. The number of carbonyl (C=O) groups excluding carboxylic acids is 1. The van der Waals surface area contributed by atoms with E-state index in [1.807, 2.05) is 0 Å². The molecule has 0 bridgehead atoms. The minimum Gasteiger partial charge on any atom is -0.481 e. The smallest absolute Gasteiger partial charge is 0.416 e. The van der Waals surface area contributed by atoms with Crippen molar-refractivity contribution in [2.45, 2.75) is 32.9 Å². The van der Waals surface area contributed by atoms with Crippen LogP contribution < -0.4 is 5.32 Å². The highest BCUT2D eigenvalue weighted by molar-refractivity contribution is 5.91. The maximum atomic E-state index is 12.5. The number of benzene rings is 1. The van der Waals surface area contributed by atoms with Crippen molar-refractivity contribution in [1.82, 2.24) is 0 Å². The molecule has 7 heteroatoms. The molecule has 0 saturated carbocycles. The molecule has 0 aliphatic carbocycles. The lowest BCUT2D eigenvalue weighted by atomic mass is 9.85. The van der Waals surface area contributed by atoms with E-state index in [-0.39, 0.29) is 18.5 Å². The number of hydrogen-bond acceptors (Lipinski definition) is 2. The lowest BCUT2D eigenvalue weighted by molar-refractivity contribution is -0.140. The zero-order valence-electron chi connectivity index (χ0n) is 11.6. The van der Waals surface area contributed by atoms with Crippen LogP contribution in [0.5, 0.6) is 0 Å². The van der Waals surface area contributed by atoms with Crippen LogP contribution in [0, 0.1) is 5.41 Å². The number of halogens is 3. The van der Waals surface area contributed by atoms with Crippen LogP contribution in [0.2, 0.25) is 0 Å². The van der Waals surface area contributed by atoms with E-state index in [0.717, 1.165) is 12.1 Å². The van der Waals surface area contributed by atoms with Gasteiger partial charge in [0.25, 0.3) is 0 Å². The molecule has 0 spiro atoms. The van der Waals surface area contributed by atoms with Gasteiger partial charge in [0.2, 0.25) is 5.91 Å². The molecule has 0 atom stereocenters. The molecule has 116 valence electrons. The Labute approximate surface area is 120 Å². The van der Waals surface area contributed by atoms with Crippen molar-refractivity contribution in [2.75, 3.05) is 5.32 Å². The minimum atomic E-state index is -4.48. The van der Waals surface area contributed by atoms with E-state index in [0.29, 0.717) is 0 Å². The molecule has 0 saturated heterocycles. The number of alkyl halides is 3. The van der Waals surface area contributed by atoms with E-state index in [2.05, 4.69) is 5.32 Å². The van der Waals surface area contributed by atoms with Crippen LogP contribution >= 0.6 is 0 Å². The summed E-state index contributed by atoms with van der Waals surface area (Å²) in [6.07, 6.45) is -4.79. The molecule has 4 nitrogen and oxygen atoms in total. The maximum absolute atomic E-state index is 12.5.